The van der Waals surface area contributed by atoms with Gasteiger partial charge in [0, 0.05) is 6.42 Å². The number of fused-ring (bicyclic) bond motifs is 1. The van der Waals surface area contributed by atoms with Crippen LogP contribution in [-0.4, -0.2) is 36.9 Å². The van der Waals surface area contributed by atoms with Crippen LogP contribution in [0.2, 0.25) is 0 Å². The molecule has 116 valence electrons. The first-order valence-electron chi connectivity index (χ1n) is 7.13. The van der Waals surface area contributed by atoms with E-state index in [4.69, 9.17) is 18.9 Å². The molecule has 22 heavy (non-hydrogen) atoms. The minimum absolute atomic E-state index is 0.0179. The van der Waals surface area contributed by atoms with Crippen molar-refractivity contribution < 1.29 is 18.9 Å². The fourth-order valence-corrected chi connectivity index (χ4v) is 2.27. The van der Waals surface area contributed by atoms with Crippen molar-refractivity contribution in [1.29, 1.82) is 0 Å². The zero-order valence-corrected chi connectivity index (χ0v) is 12.6. The van der Waals surface area contributed by atoms with Crippen LogP contribution in [0.4, 0.5) is 0 Å². The zero-order valence-electron chi connectivity index (χ0n) is 12.6. The summed E-state index contributed by atoms with van der Waals surface area (Å²) in [5.74, 6) is 3.22. The van der Waals surface area contributed by atoms with Gasteiger partial charge in [-0.3, -0.25) is 0 Å². The van der Waals surface area contributed by atoms with E-state index in [0.717, 1.165) is 17.9 Å². The standard InChI is InChI=1S/C16H18N2O4/c1-19-15-9-16(20-2)18-14(17-15)8-7-11-10-21-12-5-3-4-6-13(12)22-11/h3-6,9,11H,7-8,10H2,1-2H3. The molecule has 1 atom stereocenters. The number of para-hydroxylation sites is 2. The first kappa shape index (κ1) is 14.4. The van der Waals surface area contributed by atoms with Gasteiger partial charge in [-0.05, 0) is 18.6 Å². The summed E-state index contributed by atoms with van der Waals surface area (Å²) < 4.78 is 21.9. The molecule has 2 aromatic rings. The molecule has 3 rings (SSSR count). The molecule has 0 saturated heterocycles. The number of ether oxygens (including phenoxy) is 4. The molecule has 6 heteroatoms. The Kier molecular flexibility index (Phi) is 4.27. The summed E-state index contributed by atoms with van der Waals surface area (Å²) >= 11 is 0. The largest absolute Gasteiger partial charge is 0.486 e. The number of hydrogen-bond acceptors (Lipinski definition) is 6. The van der Waals surface area contributed by atoms with Gasteiger partial charge in [0.15, 0.2) is 11.5 Å². The molecule has 0 aliphatic carbocycles. The Morgan fingerprint density at radius 2 is 1.77 bits per heavy atom. The van der Waals surface area contributed by atoms with Crippen LogP contribution in [0.3, 0.4) is 0 Å². The molecule has 0 radical (unpaired) electrons. The fraction of sp³-hybridized carbons (Fsp3) is 0.375. The summed E-state index contributed by atoms with van der Waals surface area (Å²) in [7, 11) is 3.14. The Bertz CT molecular complexity index is 626. The minimum Gasteiger partial charge on any atom is -0.486 e. The smallest absolute Gasteiger partial charge is 0.220 e. The van der Waals surface area contributed by atoms with E-state index < -0.39 is 0 Å². The monoisotopic (exact) mass is 302 g/mol. The molecule has 0 bridgehead atoms. The zero-order chi connectivity index (χ0) is 15.4. The maximum absolute atomic E-state index is 5.92. The van der Waals surface area contributed by atoms with E-state index in [1.165, 1.54) is 0 Å². The molecule has 1 aliphatic heterocycles. The summed E-state index contributed by atoms with van der Waals surface area (Å²) in [5, 5.41) is 0. The molecule has 1 aromatic carbocycles. The van der Waals surface area contributed by atoms with E-state index in [2.05, 4.69) is 9.97 Å². The van der Waals surface area contributed by atoms with Gasteiger partial charge in [0.25, 0.3) is 0 Å². The quantitative estimate of drug-likeness (QED) is 0.844. The Balaban J connectivity index is 1.64. The molecular weight excluding hydrogens is 284 g/mol. The van der Waals surface area contributed by atoms with Gasteiger partial charge in [-0.1, -0.05) is 12.1 Å². The summed E-state index contributed by atoms with van der Waals surface area (Å²) in [6, 6.07) is 9.33. The van der Waals surface area contributed by atoms with Crippen molar-refractivity contribution in [2.45, 2.75) is 18.9 Å². The number of aryl methyl sites for hydroxylation is 1. The predicted octanol–water partition coefficient (Wildman–Crippen LogP) is 2.27. The third-order valence-electron chi connectivity index (χ3n) is 3.40. The molecule has 2 heterocycles. The SMILES string of the molecule is COc1cc(OC)nc(CCC2COc3ccccc3O2)n1. The maximum Gasteiger partial charge on any atom is 0.220 e. The van der Waals surface area contributed by atoms with E-state index in [0.29, 0.717) is 30.6 Å². The van der Waals surface area contributed by atoms with Crippen molar-refractivity contribution in [3.8, 4) is 23.3 Å². The van der Waals surface area contributed by atoms with Gasteiger partial charge in [-0.25, -0.2) is 0 Å². The molecule has 0 amide bonds. The van der Waals surface area contributed by atoms with Crippen molar-refractivity contribution in [3.05, 3.63) is 36.2 Å². The minimum atomic E-state index is -0.0179. The van der Waals surface area contributed by atoms with E-state index in [9.17, 15) is 0 Å². The number of methoxy groups -OCH3 is 2. The summed E-state index contributed by atoms with van der Waals surface area (Å²) in [4.78, 5) is 8.64. The van der Waals surface area contributed by atoms with Crippen LogP contribution in [0.1, 0.15) is 12.2 Å². The molecule has 1 unspecified atom stereocenters. The van der Waals surface area contributed by atoms with Gasteiger partial charge in [-0.2, -0.15) is 9.97 Å². The van der Waals surface area contributed by atoms with Gasteiger partial charge in [0.2, 0.25) is 11.8 Å². The van der Waals surface area contributed by atoms with Crippen LogP contribution in [0.15, 0.2) is 30.3 Å². The second kappa shape index (κ2) is 6.51. The Morgan fingerprint density at radius 1 is 1.09 bits per heavy atom. The fourth-order valence-electron chi connectivity index (χ4n) is 2.27. The molecule has 0 spiro atoms. The third-order valence-corrected chi connectivity index (χ3v) is 3.40. The normalized spacial score (nSPS) is 16.2. The molecule has 6 nitrogen and oxygen atoms in total. The number of aromatic nitrogens is 2. The first-order valence-corrected chi connectivity index (χ1v) is 7.13. The van der Waals surface area contributed by atoms with E-state index in [1.807, 2.05) is 24.3 Å². The molecule has 0 saturated carbocycles. The number of nitrogens with zero attached hydrogens (tertiary/aromatic N) is 2. The van der Waals surface area contributed by atoms with Gasteiger partial charge in [0.1, 0.15) is 18.5 Å². The molecule has 0 N–H and O–H groups in total. The van der Waals surface area contributed by atoms with Crippen molar-refractivity contribution in [1.82, 2.24) is 9.97 Å². The lowest BCUT2D eigenvalue weighted by molar-refractivity contribution is 0.0847. The highest BCUT2D eigenvalue weighted by Gasteiger charge is 2.21. The van der Waals surface area contributed by atoms with E-state index >= 15 is 0 Å². The lowest BCUT2D eigenvalue weighted by Gasteiger charge is -2.26. The van der Waals surface area contributed by atoms with Crippen molar-refractivity contribution in [2.24, 2.45) is 0 Å². The van der Waals surface area contributed by atoms with Gasteiger partial charge >= 0.3 is 0 Å². The molecule has 0 fully saturated rings. The van der Waals surface area contributed by atoms with Crippen molar-refractivity contribution >= 4 is 0 Å². The Morgan fingerprint density at radius 3 is 2.45 bits per heavy atom. The highest BCUT2D eigenvalue weighted by molar-refractivity contribution is 5.40. The van der Waals surface area contributed by atoms with Crippen LogP contribution >= 0.6 is 0 Å². The topological polar surface area (TPSA) is 62.7 Å². The van der Waals surface area contributed by atoms with Gasteiger partial charge < -0.3 is 18.9 Å². The van der Waals surface area contributed by atoms with Gasteiger partial charge in [0.05, 0.1) is 20.3 Å². The summed E-state index contributed by atoms with van der Waals surface area (Å²) in [5.41, 5.74) is 0. The lowest BCUT2D eigenvalue weighted by Crippen LogP contribution is -2.29. The predicted molar refractivity (Wildman–Crippen MR) is 79.8 cm³/mol. The van der Waals surface area contributed by atoms with Crippen molar-refractivity contribution in [2.75, 3.05) is 20.8 Å². The van der Waals surface area contributed by atoms with Crippen molar-refractivity contribution in [3.63, 3.8) is 0 Å². The third kappa shape index (κ3) is 3.21. The second-order valence-corrected chi connectivity index (χ2v) is 4.91. The highest BCUT2D eigenvalue weighted by atomic mass is 16.6. The van der Waals surface area contributed by atoms with Crippen LogP contribution < -0.4 is 18.9 Å². The Hall–Kier alpha value is -2.50. The summed E-state index contributed by atoms with van der Waals surface area (Å²) in [6.45, 7) is 0.526. The average Bonchev–Trinajstić information content (AvgIpc) is 2.59. The summed E-state index contributed by atoms with van der Waals surface area (Å²) in [6.07, 6.45) is 1.39. The number of rotatable bonds is 5. The molecule has 1 aliphatic rings. The Labute approximate surface area is 129 Å². The average molecular weight is 302 g/mol. The van der Waals surface area contributed by atoms with E-state index in [1.54, 1.807) is 20.3 Å². The van der Waals surface area contributed by atoms with Crippen LogP contribution in [0, 0.1) is 0 Å². The molecule has 1 aromatic heterocycles. The highest BCUT2D eigenvalue weighted by Crippen LogP contribution is 2.31. The molecular formula is C16H18N2O4. The van der Waals surface area contributed by atoms with Crippen LogP contribution in [-0.2, 0) is 6.42 Å². The number of benzene rings is 1. The number of hydrogen-bond donors (Lipinski definition) is 0. The van der Waals surface area contributed by atoms with Gasteiger partial charge in [-0.15, -0.1) is 0 Å². The van der Waals surface area contributed by atoms with E-state index in [-0.39, 0.29) is 6.10 Å². The first-order chi connectivity index (χ1) is 10.8. The maximum atomic E-state index is 5.92. The second-order valence-electron chi connectivity index (χ2n) is 4.91. The van der Waals surface area contributed by atoms with Crippen LogP contribution in [0.25, 0.3) is 0 Å². The lowest BCUT2D eigenvalue weighted by atomic mass is 10.1. The van der Waals surface area contributed by atoms with Crippen LogP contribution in [0.5, 0.6) is 23.3 Å².